The van der Waals surface area contributed by atoms with Crippen LogP contribution in [-0.2, 0) is 16.4 Å². The van der Waals surface area contributed by atoms with E-state index >= 15 is 0 Å². The number of nitrogens with one attached hydrogen (secondary N) is 2. The largest absolute Gasteiger partial charge is 0.398 e. The second-order valence-corrected chi connectivity index (χ2v) is 13.8. The molecule has 46 heavy (non-hydrogen) atoms. The number of amides is 1. The lowest BCUT2D eigenvalue weighted by Gasteiger charge is -2.29. The van der Waals surface area contributed by atoms with E-state index in [0.29, 0.717) is 23.4 Å². The van der Waals surface area contributed by atoms with Gasteiger partial charge in [0.05, 0.1) is 4.90 Å². The summed E-state index contributed by atoms with van der Waals surface area (Å²) >= 11 is 0. The minimum Gasteiger partial charge on any atom is -0.398 e. The molecule has 0 aliphatic heterocycles. The molecule has 1 fully saturated rings. The Bertz CT molecular complexity index is 1960. The molecule has 1 aliphatic carbocycles. The predicted octanol–water partition coefficient (Wildman–Crippen LogP) is 8.30. The number of benzene rings is 5. The molecular formula is C39H39N3O3S. The summed E-state index contributed by atoms with van der Waals surface area (Å²) in [6, 6.07) is 37.8. The van der Waals surface area contributed by atoms with Crippen molar-refractivity contribution in [2.75, 3.05) is 11.1 Å². The van der Waals surface area contributed by atoms with Gasteiger partial charge in [-0.15, -0.1) is 0 Å². The monoisotopic (exact) mass is 629 g/mol. The fraction of sp³-hybridized carbons (Fsp3) is 0.205. The summed E-state index contributed by atoms with van der Waals surface area (Å²) in [6.07, 6.45) is 4.21. The average Bonchev–Trinajstić information content (AvgIpc) is 3.07. The summed E-state index contributed by atoms with van der Waals surface area (Å²) in [6.45, 7) is 2.10. The first-order valence-electron chi connectivity index (χ1n) is 15.8. The molecule has 0 spiro atoms. The summed E-state index contributed by atoms with van der Waals surface area (Å²) in [4.78, 5) is 13.8. The van der Waals surface area contributed by atoms with Crippen LogP contribution in [0.3, 0.4) is 0 Å². The highest BCUT2D eigenvalue weighted by Crippen LogP contribution is 2.33. The number of hydrogen-bond acceptors (Lipinski definition) is 4. The molecular weight excluding hydrogens is 591 g/mol. The quantitative estimate of drug-likeness (QED) is 0.143. The number of carbonyl (C=O) groups is 1. The first kappa shape index (κ1) is 31.3. The molecule has 2 atom stereocenters. The van der Waals surface area contributed by atoms with Crippen molar-refractivity contribution >= 4 is 27.3 Å². The highest BCUT2D eigenvalue weighted by atomic mass is 32.2. The minimum atomic E-state index is -3.96. The minimum absolute atomic E-state index is 0.116. The summed E-state index contributed by atoms with van der Waals surface area (Å²) in [5.74, 6) is -0.149. The Morgan fingerprint density at radius 2 is 1.39 bits per heavy atom. The van der Waals surface area contributed by atoms with Crippen molar-refractivity contribution in [2.45, 2.75) is 50.0 Å². The number of rotatable bonds is 9. The lowest BCUT2D eigenvalue weighted by Crippen LogP contribution is -2.41. The molecule has 234 valence electrons. The van der Waals surface area contributed by atoms with Gasteiger partial charge >= 0.3 is 0 Å². The topological polar surface area (TPSA) is 101 Å². The number of carbonyl (C=O) groups excluding carboxylic acids is 1. The summed E-state index contributed by atoms with van der Waals surface area (Å²) in [5.41, 5.74) is 13.2. The van der Waals surface area contributed by atoms with Gasteiger partial charge < -0.3 is 11.1 Å². The van der Waals surface area contributed by atoms with Gasteiger partial charge in [0.1, 0.15) is 0 Å². The zero-order valence-corrected chi connectivity index (χ0v) is 26.8. The number of para-hydroxylation sites is 2. The van der Waals surface area contributed by atoms with E-state index in [0.717, 1.165) is 53.5 Å². The second-order valence-electron chi connectivity index (χ2n) is 12.1. The van der Waals surface area contributed by atoms with Crippen molar-refractivity contribution in [3.63, 3.8) is 0 Å². The van der Waals surface area contributed by atoms with Crippen LogP contribution >= 0.6 is 0 Å². The van der Waals surface area contributed by atoms with E-state index in [1.807, 2.05) is 103 Å². The lowest BCUT2D eigenvalue weighted by molar-refractivity contribution is 0.102. The van der Waals surface area contributed by atoms with Crippen LogP contribution in [0.25, 0.3) is 22.3 Å². The Labute approximate surface area is 271 Å². The van der Waals surface area contributed by atoms with E-state index in [1.54, 1.807) is 12.1 Å². The van der Waals surface area contributed by atoms with Crippen LogP contribution in [0, 0.1) is 5.92 Å². The Hall–Kier alpha value is -4.72. The van der Waals surface area contributed by atoms with Crippen molar-refractivity contribution in [3.05, 3.63) is 138 Å². The van der Waals surface area contributed by atoms with Gasteiger partial charge in [-0.05, 0) is 71.7 Å². The molecule has 1 saturated carbocycles. The molecule has 0 radical (unpaired) electrons. The normalized spacial score (nSPS) is 16.5. The molecule has 7 heteroatoms. The summed E-state index contributed by atoms with van der Waals surface area (Å²) < 4.78 is 31.4. The van der Waals surface area contributed by atoms with Gasteiger partial charge in [-0.3, -0.25) is 4.79 Å². The predicted molar refractivity (Wildman–Crippen MR) is 187 cm³/mol. The van der Waals surface area contributed by atoms with E-state index in [4.69, 9.17) is 5.73 Å². The smallest absolute Gasteiger partial charge is 0.255 e. The second kappa shape index (κ2) is 13.7. The first-order valence-corrected chi connectivity index (χ1v) is 17.3. The van der Waals surface area contributed by atoms with Gasteiger partial charge in [0.2, 0.25) is 10.0 Å². The van der Waals surface area contributed by atoms with Crippen molar-refractivity contribution < 1.29 is 13.2 Å². The Morgan fingerprint density at radius 3 is 2.15 bits per heavy atom. The molecule has 6 rings (SSSR count). The molecule has 0 aromatic heterocycles. The van der Waals surface area contributed by atoms with Gasteiger partial charge in [-0.2, -0.15) is 0 Å². The molecule has 2 unspecified atom stereocenters. The molecule has 0 saturated heterocycles. The number of nitrogens with two attached hydrogens (primary N) is 1. The van der Waals surface area contributed by atoms with E-state index in [9.17, 15) is 13.2 Å². The van der Waals surface area contributed by atoms with Crippen molar-refractivity contribution in [2.24, 2.45) is 5.92 Å². The standard InChI is InChI=1S/C39H39N3O3S/c1-27-13-5-11-21-36(27)42-46(44,45)38-26-31(39(43)41-37-22-12-9-18-33(37)28-14-3-2-4-15-28)24-23-30(38)25-29-16-6-7-17-32(29)34-19-8-10-20-35(34)40/h2-4,6-10,12,14-20,22-24,26-27,36,42H,5,11,13,21,25,40H2,1H3,(H,41,43). The average molecular weight is 630 g/mol. The zero-order valence-electron chi connectivity index (χ0n) is 25.9. The van der Waals surface area contributed by atoms with E-state index in [-0.39, 0.29) is 28.3 Å². The molecule has 6 nitrogen and oxygen atoms in total. The first-order chi connectivity index (χ1) is 22.3. The summed E-state index contributed by atoms with van der Waals surface area (Å²) in [7, 11) is -3.96. The maximum Gasteiger partial charge on any atom is 0.255 e. The van der Waals surface area contributed by atoms with Crippen molar-refractivity contribution in [1.29, 1.82) is 0 Å². The molecule has 0 heterocycles. The number of anilines is 2. The van der Waals surface area contributed by atoms with Crippen molar-refractivity contribution in [3.8, 4) is 22.3 Å². The number of nitrogen functional groups attached to an aromatic ring is 1. The SMILES string of the molecule is CC1CCCCC1NS(=O)(=O)c1cc(C(=O)Nc2ccccc2-c2ccccc2)ccc1Cc1ccccc1-c1ccccc1N. The molecule has 1 amide bonds. The number of hydrogen-bond donors (Lipinski definition) is 3. The van der Waals surface area contributed by atoms with Crippen LogP contribution in [0.2, 0.25) is 0 Å². The van der Waals surface area contributed by atoms with E-state index in [1.165, 1.54) is 6.07 Å². The lowest BCUT2D eigenvalue weighted by atomic mass is 9.87. The highest BCUT2D eigenvalue weighted by molar-refractivity contribution is 7.89. The van der Waals surface area contributed by atoms with Crippen LogP contribution < -0.4 is 15.8 Å². The van der Waals surface area contributed by atoms with Gasteiger partial charge in [-0.1, -0.05) is 117 Å². The maximum atomic E-state index is 14.2. The maximum absolute atomic E-state index is 14.2. The fourth-order valence-corrected chi connectivity index (χ4v) is 8.03. The third-order valence-corrected chi connectivity index (χ3v) is 10.5. The van der Waals surface area contributed by atoms with Crippen LogP contribution in [-0.4, -0.2) is 20.4 Å². The van der Waals surface area contributed by atoms with E-state index < -0.39 is 10.0 Å². The Balaban J connectivity index is 1.38. The highest BCUT2D eigenvalue weighted by Gasteiger charge is 2.29. The van der Waals surface area contributed by atoms with Crippen LogP contribution in [0.1, 0.15) is 54.1 Å². The Morgan fingerprint density at radius 1 is 0.739 bits per heavy atom. The zero-order chi connectivity index (χ0) is 32.1. The van der Waals surface area contributed by atoms with Gasteiger partial charge in [-0.25, -0.2) is 13.1 Å². The third kappa shape index (κ3) is 6.91. The Kier molecular flexibility index (Phi) is 9.33. The fourth-order valence-electron chi connectivity index (χ4n) is 6.39. The van der Waals surface area contributed by atoms with Crippen molar-refractivity contribution in [1.82, 2.24) is 4.72 Å². The van der Waals surface area contributed by atoms with Crippen LogP contribution in [0.15, 0.2) is 126 Å². The van der Waals surface area contributed by atoms with E-state index in [2.05, 4.69) is 17.0 Å². The van der Waals surface area contributed by atoms with Gasteiger partial charge in [0.25, 0.3) is 5.91 Å². The van der Waals surface area contributed by atoms with Crippen LogP contribution in [0.5, 0.6) is 0 Å². The van der Waals surface area contributed by atoms with Crippen LogP contribution in [0.4, 0.5) is 11.4 Å². The molecule has 0 bridgehead atoms. The number of sulfonamides is 1. The molecule has 5 aromatic carbocycles. The molecule has 1 aliphatic rings. The van der Waals surface area contributed by atoms with Gasteiger partial charge in [0, 0.05) is 34.1 Å². The third-order valence-electron chi connectivity index (χ3n) is 8.95. The summed E-state index contributed by atoms with van der Waals surface area (Å²) in [5, 5.41) is 3.03. The van der Waals surface area contributed by atoms with Gasteiger partial charge in [0.15, 0.2) is 0 Å². The molecule has 5 aromatic rings. The molecule has 4 N–H and O–H groups in total.